The van der Waals surface area contributed by atoms with Gasteiger partial charge in [-0.05, 0) is 80.0 Å². The van der Waals surface area contributed by atoms with Gasteiger partial charge in [0.25, 0.3) is 5.56 Å². The molecule has 174 valence electrons. The average molecular weight is 491 g/mol. The Bertz CT molecular complexity index is 1430. The SMILES string of the molecule is Cc1cccc(NC(=O)CSc2nc3sc4c(c3c(=O)n2Cc2ccncc2)CCCC4)c1C. The fraction of sp³-hybridized carbons (Fsp3) is 0.308. The Morgan fingerprint density at radius 2 is 1.94 bits per heavy atom. The van der Waals surface area contributed by atoms with Crippen molar-refractivity contribution >= 4 is 44.9 Å². The van der Waals surface area contributed by atoms with E-state index in [4.69, 9.17) is 4.98 Å². The van der Waals surface area contributed by atoms with E-state index in [0.29, 0.717) is 11.7 Å². The molecule has 0 spiro atoms. The van der Waals surface area contributed by atoms with Crippen molar-refractivity contribution in [2.75, 3.05) is 11.1 Å². The van der Waals surface area contributed by atoms with Gasteiger partial charge in [-0.15, -0.1) is 11.3 Å². The first kappa shape index (κ1) is 22.8. The lowest BCUT2D eigenvalue weighted by Crippen LogP contribution is -2.25. The first-order chi connectivity index (χ1) is 16.5. The Morgan fingerprint density at radius 3 is 2.76 bits per heavy atom. The number of hydrogen-bond donors (Lipinski definition) is 1. The lowest BCUT2D eigenvalue weighted by Gasteiger charge is -2.14. The molecule has 4 aromatic rings. The van der Waals surface area contributed by atoms with Crippen LogP contribution in [0.2, 0.25) is 0 Å². The van der Waals surface area contributed by atoms with Crippen LogP contribution in [0.25, 0.3) is 10.2 Å². The number of amides is 1. The zero-order valence-corrected chi connectivity index (χ0v) is 20.9. The average Bonchev–Trinajstić information content (AvgIpc) is 3.22. The van der Waals surface area contributed by atoms with Gasteiger partial charge in [-0.3, -0.25) is 19.1 Å². The fourth-order valence-electron chi connectivity index (χ4n) is 4.34. The van der Waals surface area contributed by atoms with E-state index in [-0.39, 0.29) is 17.2 Å². The maximum atomic E-state index is 13.7. The highest BCUT2D eigenvalue weighted by atomic mass is 32.2. The number of carbonyl (C=O) groups excluding carboxylic acids is 1. The van der Waals surface area contributed by atoms with Crippen molar-refractivity contribution in [1.82, 2.24) is 14.5 Å². The van der Waals surface area contributed by atoms with Crippen LogP contribution in [0.5, 0.6) is 0 Å². The predicted octanol–water partition coefficient (Wildman–Crippen LogP) is 5.13. The largest absolute Gasteiger partial charge is 0.325 e. The highest BCUT2D eigenvalue weighted by molar-refractivity contribution is 7.99. The van der Waals surface area contributed by atoms with Gasteiger partial charge in [0.1, 0.15) is 4.83 Å². The second kappa shape index (κ2) is 9.72. The molecule has 0 atom stereocenters. The molecule has 0 aliphatic heterocycles. The number of thioether (sulfide) groups is 1. The van der Waals surface area contributed by atoms with Crippen molar-refractivity contribution in [2.45, 2.75) is 51.2 Å². The van der Waals surface area contributed by atoms with Gasteiger partial charge in [0, 0.05) is 23.0 Å². The molecule has 8 heteroatoms. The van der Waals surface area contributed by atoms with E-state index in [1.807, 2.05) is 44.2 Å². The number of aromatic nitrogens is 3. The molecule has 0 saturated carbocycles. The van der Waals surface area contributed by atoms with Crippen LogP contribution in [-0.4, -0.2) is 26.2 Å². The third-order valence-corrected chi connectivity index (χ3v) is 8.50. The van der Waals surface area contributed by atoms with Gasteiger partial charge in [0.05, 0.1) is 17.7 Å². The summed E-state index contributed by atoms with van der Waals surface area (Å²) in [6.07, 6.45) is 7.67. The van der Waals surface area contributed by atoms with Gasteiger partial charge in [0.2, 0.25) is 5.91 Å². The number of aryl methyl sites for hydroxylation is 3. The lowest BCUT2D eigenvalue weighted by molar-refractivity contribution is -0.113. The molecule has 1 amide bonds. The summed E-state index contributed by atoms with van der Waals surface area (Å²) in [5.74, 6) is 0.0567. The molecule has 6 nitrogen and oxygen atoms in total. The minimum atomic E-state index is -0.117. The summed E-state index contributed by atoms with van der Waals surface area (Å²) in [7, 11) is 0. The quantitative estimate of drug-likeness (QED) is 0.300. The van der Waals surface area contributed by atoms with Gasteiger partial charge >= 0.3 is 0 Å². The molecule has 1 aliphatic carbocycles. The van der Waals surface area contributed by atoms with Crippen LogP contribution < -0.4 is 10.9 Å². The highest BCUT2D eigenvalue weighted by Gasteiger charge is 2.23. The van der Waals surface area contributed by atoms with E-state index in [1.165, 1.54) is 22.2 Å². The summed E-state index contributed by atoms with van der Waals surface area (Å²) in [4.78, 5) is 37.5. The fourth-order valence-corrected chi connectivity index (χ4v) is 6.44. The number of nitrogens with zero attached hydrogens (tertiary/aromatic N) is 3. The van der Waals surface area contributed by atoms with E-state index in [9.17, 15) is 9.59 Å². The molecular weight excluding hydrogens is 464 g/mol. The predicted molar refractivity (Wildman–Crippen MR) is 139 cm³/mol. The van der Waals surface area contributed by atoms with Crippen LogP contribution in [-0.2, 0) is 24.2 Å². The van der Waals surface area contributed by atoms with Gasteiger partial charge in [-0.1, -0.05) is 23.9 Å². The highest BCUT2D eigenvalue weighted by Crippen LogP contribution is 2.35. The van der Waals surface area contributed by atoms with Gasteiger partial charge < -0.3 is 5.32 Å². The molecule has 1 aliphatic rings. The summed E-state index contributed by atoms with van der Waals surface area (Å²) in [5, 5.41) is 4.34. The number of carbonyl (C=O) groups is 1. The molecule has 3 aromatic heterocycles. The van der Waals surface area contributed by atoms with E-state index >= 15 is 0 Å². The second-order valence-electron chi connectivity index (χ2n) is 8.62. The molecule has 0 bridgehead atoms. The Hall–Kier alpha value is -2.97. The molecular formula is C26H26N4O2S2. The van der Waals surface area contributed by atoms with Crippen molar-refractivity contribution in [3.8, 4) is 0 Å². The number of rotatable bonds is 6. The number of thiophene rings is 1. The maximum absolute atomic E-state index is 13.7. The van der Waals surface area contributed by atoms with Crippen molar-refractivity contribution in [1.29, 1.82) is 0 Å². The zero-order valence-electron chi connectivity index (χ0n) is 19.3. The van der Waals surface area contributed by atoms with Crippen LogP contribution in [0.15, 0.2) is 52.7 Å². The molecule has 34 heavy (non-hydrogen) atoms. The number of hydrogen-bond acceptors (Lipinski definition) is 6. The summed E-state index contributed by atoms with van der Waals surface area (Å²) < 4.78 is 1.72. The smallest absolute Gasteiger partial charge is 0.263 e. The number of benzene rings is 1. The maximum Gasteiger partial charge on any atom is 0.263 e. The van der Waals surface area contributed by atoms with Crippen molar-refractivity contribution in [3.05, 3.63) is 80.2 Å². The first-order valence-corrected chi connectivity index (χ1v) is 13.2. The lowest BCUT2D eigenvalue weighted by atomic mass is 9.97. The van der Waals surface area contributed by atoms with E-state index in [2.05, 4.69) is 10.3 Å². The summed E-state index contributed by atoms with van der Waals surface area (Å²) in [6, 6.07) is 9.68. The monoisotopic (exact) mass is 490 g/mol. The van der Waals surface area contributed by atoms with E-state index in [1.54, 1.807) is 28.3 Å². The molecule has 5 rings (SSSR count). The third-order valence-electron chi connectivity index (χ3n) is 6.34. The Morgan fingerprint density at radius 1 is 1.15 bits per heavy atom. The number of pyridine rings is 1. The van der Waals surface area contributed by atoms with E-state index in [0.717, 1.165) is 58.3 Å². The number of nitrogens with one attached hydrogen (secondary N) is 1. The minimum Gasteiger partial charge on any atom is -0.325 e. The molecule has 0 unspecified atom stereocenters. The van der Waals surface area contributed by atoms with Crippen LogP contribution in [0.1, 0.15) is 40.0 Å². The van der Waals surface area contributed by atoms with Crippen molar-refractivity contribution in [3.63, 3.8) is 0 Å². The zero-order chi connectivity index (χ0) is 23.7. The molecule has 3 heterocycles. The summed E-state index contributed by atoms with van der Waals surface area (Å²) >= 11 is 2.94. The second-order valence-corrected chi connectivity index (χ2v) is 10.6. The standard InChI is InChI=1S/C26H26N4O2S2/c1-16-6-5-8-20(17(16)2)28-22(31)15-33-26-29-24-23(19-7-3-4-9-21(19)34-24)25(32)30(26)14-18-10-12-27-13-11-18/h5-6,8,10-13H,3-4,7,9,14-15H2,1-2H3,(H,28,31). The number of anilines is 1. The molecule has 0 radical (unpaired) electrons. The summed E-state index contributed by atoms with van der Waals surface area (Å²) in [6.45, 7) is 4.42. The van der Waals surface area contributed by atoms with E-state index < -0.39 is 0 Å². The summed E-state index contributed by atoms with van der Waals surface area (Å²) in [5.41, 5.74) is 5.14. The van der Waals surface area contributed by atoms with Crippen LogP contribution in [0.3, 0.4) is 0 Å². The van der Waals surface area contributed by atoms with Crippen molar-refractivity contribution in [2.24, 2.45) is 0 Å². The first-order valence-electron chi connectivity index (χ1n) is 11.4. The topological polar surface area (TPSA) is 76.9 Å². The van der Waals surface area contributed by atoms with Crippen molar-refractivity contribution < 1.29 is 4.79 Å². The van der Waals surface area contributed by atoms with Crippen LogP contribution in [0.4, 0.5) is 5.69 Å². The van der Waals surface area contributed by atoms with Gasteiger partial charge in [-0.2, -0.15) is 0 Å². The normalized spacial score (nSPS) is 13.1. The molecule has 1 aromatic carbocycles. The van der Waals surface area contributed by atoms with Crippen LogP contribution in [0, 0.1) is 13.8 Å². The van der Waals surface area contributed by atoms with Crippen LogP contribution >= 0.6 is 23.1 Å². The minimum absolute atomic E-state index is 0.0151. The molecule has 0 saturated heterocycles. The Kier molecular flexibility index (Phi) is 6.52. The Balaban J connectivity index is 1.47. The molecule has 1 N–H and O–H groups in total. The van der Waals surface area contributed by atoms with Gasteiger partial charge in [-0.25, -0.2) is 4.98 Å². The Labute approximate surface area is 206 Å². The third kappa shape index (κ3) is 4.52. The van der Waals surface area contributed by atoms with Gasteiger partial charge in [0.15, 0.2) is 5.16 Å². The molecule has 0 fully saturated rings. The number of fused-ring (bicyclic) bond motifs is 3.